The number of nitrogens with zero attached hydrogens (tertiary/aromatic N) is 6. The molecule has 0 atom stereocenters. The summed E-state index contributed by atoms with van der Waals surface area (Å²) in [5, 5.41) is 3.99. The molecular formula is C26H34F3N7O4S. The lowest BCUT2D eigenvalue weighted by molar-refractivity contribution is -0.142. The van der Waals surface area contributed by atoms with E-state index in [4.69, 9.17) is 0 Å². The summed E-state index contributed by atoms with van der Waals surface area (Å²) in [5.74, 6) is 0.102. The number of rotatable bonds is 5. The molecule has 15 heteroatoms. The average Bonchev–Trinajstić information content (AvgIpc) is 3.33. The van der Waals surface area contributed by atoms with E-state index < -0.39 is 21.8 Å². The van der Waals surface area contributed by atoms with E-state index in [2.05, 4.69) is 14.7 Å². The number of likely N-dealkylation sites (tertiary alicyclic amines) is 1. The van der Waals surface area contributed by atoms with Gasteiger partial charge in [-0.1, -0.05) is 6.07 Å². The first kappa shape index (κ1) is 29.2. The number of carbonyl (C=O) groups is 2. The molecule has 11 nitrogen and oxygen atoms in total. The van der Waals surface area contributed by atoms with E-state index in [1.54, 1.807) is 17.9 Å². The number of piperazine rings is 1. The van der Waals surface area contributed by atoms with Crippen LogP contribution in [0.4, 0.5) is 29.5 Å². The maximum absolute atomic E-state index is 13.6. The van der Waals surface area contributed by atoms with Crippen molar-refractivity contribution in [2.24, 2.45) is 5.41 Å². The van der Waals surface area contributed by atoms with Gasteiger partial charge in [-0.3, -0.25) is 14.4 Å². The van der Waals surface area contributed by atoms with Crippen molar-refractivity contribution in [2.75, 3.05) is 68.2 Å². The molecule has 0 aliphatic carbocycles. The van der Waals surface area contributed by atoms with Crippen molar-refractivity contribution in [3.63, 3.8) is 0 Å². The van der Waals surface area contributed by atoms with Gasteiger partial charge < -0.3 is 14.7 Å². The Morgan fingerprint density at radius 2 is 1.66 bits per heavy atom. The van der Waals surface area contributed by atoms with Crippen LogP contribution in [0, 0.1) is 5.41 Å². The van der Waals surface area contributed by atoms with E-state index in [9.17, 15) is 31.2 Å². The Hall–Kier alpha value is -3.33. The minimum absolute atomic E-state index is 0.0476. The Morgan fingerprint density at radius 3 is 2.24 bits per heavy atom. The first-order valence-corrected chi connectivity index (χ1v) is 15.4. The van der Waals surface area contributed by atoms with Gasteiger partial charge in [-0.25, -0.2) is 13.2 Å². The summed E-state index contributed by atoms with van der Waals surface area (Å²) < 4.78 is 67.0. The van der Waals surface area contributed by atoms with Crippen LogP contribution in [0.25, 0.3) is 0 Å². The largest absolute Gasteiger partial charge is 0.416 e. The van der Waals surface area contributed by atoms with Crippen LogP contribution in [0.3, 0.4) is 0 Å². The summed E-state index contributed by atoms with van der Waals surface area (Å²) in [6.45, 7) is 6.50. The minimum Gasteiger partial charge on any atom is -0.371 e. The Labute approximate surface area is 236 Å². The molecule has 5 rings (SSSR count). The van der Waals surface area contributed by atoms with Crippen LogP contribution >= 0.6 is 0 Å². The molecule has 2 amide bonds. The number of nitrogens with one attached hydrogen (secondary N) is 1. The molecule has 0 bridgehead atoms. The van der Waals surface area contributed by atoms with Gasteiger partial charge in [-0.05, 0) is 30.5 Å². The van der Waals surface area contributed by atoms with E-state index >= 15 is 0 Å². The second-order valence-corrected chi connectivity index (χ2v) is 13.0. The fourth-order valence-corrected chi connectivity index (χ4v) is 6.34. The third kappa shape index (κ3) is 6.61. The van der Waals surface area contributed by atoms with Crippen LogP contribution < -0.4 is 9.62 Å². The third-order valence-electron chi connectivity index (χ3n) is 8.19. The first-order chi connectivity index (χ1) is 19.2. The molecule has 1 aromatic carbocycles. The zero-order valence-electron chi connectivity index (χ0n) is 23.0. The lowest BCUT2D eigenvalue weighted by atomic mass is 9.72. The van der Waals surface area contributed by atoms with Crippen LogP contribution in [0.1, 0.15) is 30.9 Å². The number of hydrogen-bond acceptors (Lipinski definition) is 7. The van der Waals surface area contributed by atoms with E-state index in [1.165, 1.54) is 18.3 Å². The molecule has 2 aromatic rings. The fraction of sp³-hybridized carbons (Fsp3) is 0.577. The van der Waals surface area contributed by atoms with E-state index in [0.29, 0.717) is 64.6 Å². The second-order valence-electron chi connectivity index (χ2n) is 11.3. The number of hydrogen-bond donors (Lipinski definition) is 1. The minimum atomic E-state index is -4.45. The van der Waals surface area contributed by atoms with E-state index in [1.807, 2.05) is 9.80 Å². The van der Waals surface area contributed by atoms with E-state index in [-0.39, 0.29) is 23.2 Å². The predicted molar refractivity (Wildman–Crippen MR) is 146 cm³/mol. The van der Waals surface area contributed by atoms with Gasteiger partial charge in [0.05, 0.1) is 11.8 Å². The van der Waals surface area contributed by atoms with Gasteiger partial charge >= 0.3 is 12.2 Å². The van der Waals surface area contributed by atoms with Gasteiger partial charge in [-0.2, -0.15) is 17.9 Å². The molecule has 3 aliphatic heterocycles. The first-order valence-electron chi connectivity index (χ1n) is 13.5. The molecule has 224 valence electrons. The van der Waals surface area contributed by atoms with E-state index in [0.717, 1.165) is 35.4 Å². The summed E-state index contributed by atoms with van der Waals surface area (Å²) in [5.41, 5.74) is 0.764. The highest BCUT2D eigenvalue weighted by Gasteiger charge is 2.46. The average molecular weight is 598 g/mol. The van der Waals surface area contributed by atoms with Crippen molar-refractivity contribution >= 4 is 33.5 Å². The Kier molecular flexibility index (Phi) is 7.70. The summed E-state index contributed by atoms with van der Waals surface area (Å²) in [6.07, 6.45) is -0.422. The monoisotopic (exact) mass is 597 g/mol. The van der Waals surface area contributed by atoms with Gasteiger partial charge in [0.15, 0.2) is 5.82 Å². The summed E-state index contributed by atoms with van der Waals surface area (Å²) in [6, 6.07) is 4.94. The van der Waals surface area contributed by atoms with Gasteiger partial charge in [0.25, 0.3) is 0 Å². The SMILES string of the molecule is CC(=O)N1CC2(CCN(c3cc(C(F)(F)F)ccc3CN3CCN(C(=O)n4ccc(NS(C)(=O)=O)n4)CC3)CC2)C1. The van der Waals surface area contributed by atoms with Crippen molar-refractivity contribution in [1.82, 2.24) is 24.5 Å². The molecule has 1 spiro atoms. The Morgan fingerprint density at radius 1 is 1.00 bits per heavy atom. The maximum atomic E-state index is 13.6. The fourth-order valence-electron chi connectivity index (χ4n) is 5.85. The molecule has 1 aromatic heterocycles. The molecule has 41 heavy (non-hydrogen) atoms. The standard InChI is InChI=1S/C26H34F3N7O4S/c1-19(37)35-17-25(18-35)6-9-33(10-7-25)22-15-21(26(27,28)29)4-3-20(22)16-32-11-13-34(14-12-32)24(38)36-8-5-23(30-36)31-41(2,39)40/h3-5,8,15H,6-7,9-14,16-18H2,1-2H3,(H,30,31). The van der Waals surface area contributed by atoms with Crippen molar-refractivity contribution in [3.05, 3.63) is 41.6 Å². The quantitative estimate of drug-likeness (QED) is 0.564. The lowest BCUT2D eigenvalue weighted by Crippen LogP contribution is -2.61. The van der Waals surface area contributed by atoms with Gasteiger partial charge in [0.2, 0.25) is 15.9 Å². The second kappa shape index (κ2) is 10.8. The predicted octanol–water partition coefficient (Wildman–Crippen LogP) is 2.51. The zero-order valence-corrected chi connectivity index (χ0v) is 23.8. The molecule has 3 aliphatic rings. The number of sulfonamides is 1. The smallest absolute Gasteiger partial charge is 0.371 e. The molecule has 4 heterocycles. The number of alkyl halides is 3. The molecular weight excluding hydrogens is 563 g/mol. The highest BCUT2D eigenvalue weighted by atomic mass is 32.2. The highest BCUT2D eigenvalue weighted by molar-refractivity contribution is 7.92. The summed E-state index contributed by atoms with van der Waals surface area (Å²) in [7, 11) is -3.52. The Bertz CT molecular complexity index is 1400. The van der Waals surface area contributed by atoms with Gasteiger partial charge in [0, 0.05) is 89.2 Å². The van der Waals surface area contributed by atoms with Crippen LogP contribution in [0.2, 0.25) is 0 Å². The Balaban J connectivity index is 1.23. The molecule has 0 radical (unpaired) electrons. The lowest BCUT2D eigenvalue weighted by Gasteiger charge is -2.54. The normalized spacial score (nSPS) is 19.8. The van der Waals surface area contributed by atoms with Crippen molar-refractivity contribution in [1.29, 1.82) is 0 Å². The van der Waals surface area contributed by atoms with Crippen LogP contribution in [-0.4, -0.2) is 103 Å². The van der Waals surface area contributed by atoms with Crippen molar-refractivity contribution in [3.8, 4) is 0 Å². The third-order valence-corrected chi connectivity index (χ3v) is 8.77. The summed E-state index contributed by atoms with van der Waals surface area (Å²) in [4.78, 5) is 32.1. The molecule has 0 saturated carbocycles. The number of halogens is 3. The molecule has 1 N–H and O–H groups in total. The van der Waals surface area contributed by atoms with Crippen LogP contribution in [0.15, 0.2) is 30.5 Å². The van der Waals surface area contributed by atoms with Gasteiger partial charge in [0.1, 0.15) is 0 Å². The number of benzene rings is 1. The highest BCUT2D eigenvalue weighted by Crippen LogP contribution is 2.43. The zero-order chi connectivity index (χ0) is 29.6. The topological polar surface area (TPSA) is 111 Å². The van der Waals surface area contributed by atoms with Crippen LogP contribution in [0.5, 0.6) is 0 Å². The molecule has 3 saturated heterocycles. The number of piperidine rings is 1. The van der Waals surface area contributed by atoms with Gasteiger partial charge in [-0.15, -0.1) is 5.10 Å². The maximum Gasteiger partial charge on any atom is 0.416 e. The molecule has 3 fully saturated rings. The number of anilines is 2. The summed E-state index contributed by atoms with van der Waals surface area (Å²) >= 11 is 0. The van der Waals surface area contributed by atoms with Crippen molar-refractivity contribution in [2.45, 2.75) is 32.5 Å². The number of carbonyl (C=O) groups excluding carboxylic acids is 2. The van der Waals surface area contributed by atoms with Crippen LogP contribution in [-0.2, 0) is 27.5 Å². The number of aromatic nitrogens is 2. The van der Waals surface area contributed by atoms with Crippen molar-refractivity contribution < 1.29 is 31.2 Å². The molecule has 0 unspecified atom stereocenters. The number of amides is 2.